The van der Waals surface area contributed by atoms with Crippen molar-refractivity contribution in [1.29, 1.82) is 0 Å². The minimum atomic E-state index is 0. The number of benzene rings is 2. The Morgan fingerprint density at radius 2 is 2.04 bits per heavy atom. The number of aliphatic imine (C=N–C) groups is 1. The van der Waals surface area contributed by atoms with Gasteiger partial charge in [0, 0.05) is 17.3 Å². The maximum Gasteiger partial charge on any atom is 0.193 e. The van der Waals surface area contributed by atoms with Gasteiger partial charge in [0.2, 0.25) is 0 Å². The van der Waals surface area contributed by atoms with E-state index in [1.54, 1.807) is 25.4 Å². The van der Waals surface area contributed by atoms with Gasteiger partial charge in [-0.25, -0.2) is 4.99 Å². The van der Waals surface area contributed by atoms with Crippen molar-refractivity contribution in [2.24, 2.45) is 10.7 Å². The molecule has 0 aliphatic rings. The number of guanidine groups is 1. The van der Waals surface area contributed by atoms with Crippen LogP contribution in [0.2, 0.25) is 5.02 Å². The standard InChI is InChI=1S/C18H17ClN4O.HI/c1-24-17-7-6-13(10-15(17)19)23-18(20)22-11-16-14-5-3-2-4-12(14)8-9-21-16;/h2-10H,11H2,1H3,(H3,20,22,23);1H. The first-order chi connectivity index (χ1) is 11.7. The van der Waals surface area contributed by atoms with Gasteiger partial charge in [0.05, 0.1) is 24.4 Å². The molecule has 3 rings (SSSR count). The molecule has 5 nitrogen and oxygen atoms in total. The fourth-order valence-electron chi connectivity index (χ4n) is 2.40. The summed E-state index contributed by atoms with van der Waals surface area (Å²) in [6.07, 6.45) is 1.78. The summed E-state index contributed by atoms with van der Waals surface area (Å²) in [5.41, 5.74) is 7.58. The number of nitrogens with two attached hydrogens (primary N) is 1. The van der Waals surface area contributed by atoms with Crippen molar-refractivity contribution < 1.29 is 4.74 Å². The highest BCUT2D eigenvalue weighted by molar-refractivity contribution is 14.0. The number of nitrogens with zero attached hydrogens (tertiary/aromatic N) is 2. The third kappa shape index (κ3) is 4.73. The number of ether oxygens (including phenoxy) is 1. The number of methoxy groups -OCH3 is 1. The molecule has 25 heavy (non-hydrogen) atoms. The average molecular weight is 469 g/mol. The quantitative estimate of drug-likeness (QED) is 0.337. The number of nitrogens with one attached hydrogen (secondary N) is 1. The van der Waals surface area contributed by atoms with Crippen LogP contribution in [0.25, 0.3) is 10.8 Å². The first-order valence-corrected chi connectivity index (χ1v) is 7.78. The molecular weight excluding hydrogens is 451 g/mol. The zero-order chi connectivity index (χ0) is 16.9. The van der Waals surface area contributed by atoms with Gasteiger partial charge in [-0.05, 0) is 29.7 Å². The summed E-state index contributed by atoms with van der Waals surface area (Å²) in [4.78, 5) is 8.75. The van der Waals surface area contributed by atoms with Gasteiger partial charge in [-0.1, -0.05) is 35.9 Å². The van der Waals surface area contributed by atoms with Crippen molar-refractivity contribution in [3.8, 4) is 5.75 Å². The molecule has 0 saturated heterocycles. The van der Waals surface area contributed by atoms with Gasteiger partial charge in [0.1, 0.15) is 5.75 Å². The normalized spacial score (nSPS) is 11.0. The van der Waals surface area contributed by atoms with Gasteiger partial charge in [0.15, 0.2) is 5.96 Å². The molecule has 1 aromatic heterocycles. The number of hydrogen-bond acceptors (Lipinski definition) is 3. The predicted octanol–water partition coefficient (Wildman–Crippen LogP) is 4.44. The largest absolute Gasteiger partial charge is 0.495 e. The van der Waals surface area contributed by atoms with E-state index in [2.05, 4.69) is 15.3 Å². The highest BCUT2D eigenvalue weighted by Gasteiger charge is 2.04. The van der Waals surface area contributed by atoms with E-state index in [9.17, 15) is 0 Å². The van der Waals surface area contributed by atoms with Crippen LogP contribution < -0.4 is 15.8 Å². The van der Waals surface area contributed by atoms with Gasteiger partial charge in [-0.2, -0.15) is 0 Å². The van der Waals surface area contributed by atoms with E-state index in [-0.39, 0.29) is 24.0 Å². The summed E-state index contributed by atoms with van der Waals surface area (Å²) >= 11 is 6.10. The third-order valence-corrected chi connectivity index (χ3v) is 3.87. The minimum absolute atomic E-state index is 0. The molecule has 0 bridgehead atoms. The molecule has 7 heteroatoms. The highest BCUT2D eigenvalue weighted by Crippen LogP contribution is 2.27. The smallest absolute Gasteiger partial charge is 0.193 e. The Morgan fingerprint density at radius 3 is 2.80 bits per heavy atom. The maximum atomic E-state index is 6.10. The second-order valence-corrected chi connectivity index (χ2v) is 5.56. The lowest BCUT2D eigenvalue weighted by atomic mass is 10.1. The summed E-state index contributed by atoms with van der Waals surface area (Å²) < 4.78 is 5.12. The molecule has 0 radical (unpaired) electrons. The van der Waals surface area contributed by atoms with E-state index in [0.717, 1.165) is 22.2 Å². The van der Waals surface area contributed by atoms with Gasteiger partial charge < -0.3 is 15.8 Å². The molecule has 0 unspecified atom stereocenters. The Bertz CT molecular complexity index is 896. The van der Waals surface area contributed by atoms with Crippen molar-refractivity contribution in [1.82, 2.24) is 4.98 Å². The number of anilines is 1. The van der Waals surface area contributed by atoms with Crippen LogP contribution >= 0.6 is 35.6 Å². The van der Waals surface area contributed by atoms with Crippen LogP contribution in [0.1, 0.15) is 5.69 Å². The number of pyridine rings is 1. The van der Waals surface area contributed by atoms with Crippen LogP contribution in [0.3, 0.4) is 0 Å². The van der Waals surface area contributed by atoms with E-state index in [1.807, 2.05) is 36.4 Å². The van der Waals surface area contributed by atoms with E-state index in [4.69, 9.17) is 22.1 Å². The summed E-state index contributed by atoms with van der Waals surface area (Å²) in [5.74, 6) is 0.906. The summed E-state index contributed by atoms with van der Waals surface area (Å²) in [5, 5.41) is 5.72. The molecular formula is C18H18ClIN4O. The molecule has 0 aliphatic carbocycles. The number of aromatic nitrogens is 1. The Balaban J connectivity index is 0.00000225. The molecule has 0 aliphatic heterocycles. The summed E-state index contributed by atoms with van der Waals surface area (Å²) in [7, 11) is 1.57. The van der Waals surface area contributed by atoms with Crippen molar-refractivity contribution in [3.05, 3.63) is 65.4 Å². The summed E-state index contributed by atoms with van der Waals surface area (Å²) in [6, 6.07) is 15.4. The zero-order valence-corrected chi connectivity index (χ0v) is 16.7. The number of rotatable bonds is 4. The number of hydrogen-bond donors (Lipinski definition) is 2. The molecule has 130 valence electrons. The van der Waals surface area contributed by atoms with Crippen molar-refractivity contribution in [2.45, 2.75) is 6.54 Å². The Morgan fingerprint density at radius 1 is 1.24 bits per heavy atom. The van der Waals surface area contributed by atoms with Gasteiger partial charge in [-0.15, -0.1) is 24.0 Å². The minimum Gasteiger partial charge on any atom is -0.495 e. The summed E-state index contributed by atoms with van der Waals surface area (Å²) in [6.45, 7) is 0.393. The molecule has 1 heterocycles. The number of halogens is 2. The van der Waals surface area contributed by atoms with Gasteiger partial charge in [-0.3, -0.25) is 4.98 Å². The van der Waals surface area contributed by atoms with Crippen molar-refractivity contribution in [3.63, 3.8) is 0 Å². The van der Waals surface area contributed by atoms with Crippen LogP contribution in [0.4, 0.5) is 5.69 Å². The molecule has 0 fully saturated rings. The van der Waals surface area contributed by atoms with Crippen LogP contribution in [-0.4, -0.2) is 18.1 Å². The molecule has 2 aromatic carbocycles. The van der Waals surface area contributed by atoms with Crippen molar-refractivity contribution >= 4 is 58.0 Å². The van der Waals surface area contributed by atoms with Crippen LogP contribution in [0.15, 0.2) is 59.7 Å². The lowest BCUT2D eigenvalue weighted by Crippen LogP contribution is -2.22. The molecule has 0 amide bonds. The SMILES string of the molecule is COc1ccc(NC(N)=NCc2nccc3ccccc23)cc1Cl.I. The second-order valence-electron chi connectivity index (χ2n) is 5.15. The maximum absolute atomic E-state index is 6.10. The van der Waals surface area contributed by atoms with E-state index < -0.39 is 0 Å². The topological polar surface area (TPSA) is 72.5 Å². The first-order valence-electron chi connectivity index (χ1n) is 7.40. The van der Waals surface area contributed by atoms with E-state index in [1.165, 1.54) is 0 Å². The Kier molecular flexibility index (Phi) is 6.83. The average Bonchev–Trinajstić information content (AvgIpc) is 2.60. The Labute approximate surface area is 168 Å². The predicted molar refractivity (Wildman–Crippen MR) is 114 cm³/mol. The molecule has 3 N–H and O–H groups in total. The third-order valence-electron chi connectivity index (χ3n) is 3.58. The van der Waals surface area contributed by atoms with E-state index >= 15 is 0 Å². The van der Waals surface area contributed by atoms with Crippen LogP contribution in [0, 0.1) is 0 Å². The second kappa shape index (κ2) is 8.87. The monoisotopic (exact) mass is 468 g/mol. The molecule has 0 atom stereocenters. The van der Waals surface area contributed by atoms with Crippen molar-refractivity contribution in [2.75, 3.05) is 12.4 Å². The fraction of sp³-hybridized carbons (Fsp3) is 0.111. The molecule has 3 aromatic rings. The lowest BCUT2D eigenvalue weighted by molar-refractivity contribution is 0.415. The molecule has 0 saturated carbocycles. The van der Waals surface area contributed by atoms with Crippen LogP contribution in [0.5, 0.6) is 5.75 Å². The Hall–Kier alpha value is -2.06. The fourth-order valence-corrected chi connectivity index (χ4v) is 2.66. The number of fused-ring (bicyclic) bond motifs is 1. The van der Waals surface area contributed by atoms with Gasteiger partial charge >= 0.3 is 0 Å². The first kappa shape index (κ1) is 19.3. The highest BCUT2D eigenvalue weighted by atomic mass is 127. The van der Waals surface area contributed by atoms with E-state index in [0.29, 0.717) is 23.3 Å². The lowest BCUT2D eigenvalue weighted by Gasteiger charge is -2.09. The van der Waals surface area contributed by atoms with Crippen LogP contribution in [-0.2, 0) is 6.54 Å². The van der Waals surface area contributed by atoms with Gasteiger partial charge in [0.25, 0.3) is 0 Å². The molecule has 0 spiro atoms. The zero-order valence-electron chi connectivity index (χ0n) is 13.6.